The van der Waals surface area contributed by atoms with Gasteiger partial charge < -0.3 is 11.1 Å². The lowest BCUT2D eigenvalue weighted by atomic mass is 10.4. The third-order valence-electron chi connectivity index (χ3n) is 2.19. The number of thioether (sulfide) groups is 1. The van der Waals surface area contributed by atoms with E-state index in [1.165, 1.54) is 11.8 Å². The number of halogens is 2. The second kappa shape index (κ2) is 9.50. The lowest BCUT2D eigenvalue weighted by Gasteiger charge is -2.12. The van der Waals surface area contributed by atoms with E-state index in [2.05, 4.69) is 5.32 Å². The first-order valence-corrected chi connectivity index (χ1v) is 6.80. The van der Waals surface area contributed by atoms with Crippen LogP contribution >= 0.6 is 35.8 Å². The van der Waals surface area contributed by atoms with Crippen LogP contribution in [0.1, 0.15) is 13.3 Å². The predicted octanol–water partition coefficient (Wildman–Crippen LogP) is 2.71. The molecule has 1 amide bonds. The highest BCUT2D eigenvalue weighted by atomic mass is 35.5. The average molecular weight is 309 g/mol. The maximum absolute atomic E-state index is 11.7. The molecule has 1 aromatic rings. The molecule has 0 heterocycles. The molecular formula is C12H18Cl2N2OS. The van der Waals surface area contributed by atoms with Gasteiger partial charge in [0.2, 0.25) is 5.91 Å². The normalized spacial score (nSPS) is 11.5. The van der Waals surface area contributed by atoms with E-state index in [0.29, 0.717) is 18.1 Å². The van der Waals surface area contributed by atoms with Crippen LogP contribution in [0.2, 0.25) is 5.02 Å². The van der Waals surface area contributed by atoms with E-state index in [4.69, 9.17) is 17.3 Å². The largest absolute Gasteiger partial charge is 0.355 e. The molecule has 3 N–H and O–H groups in total. The molecule has 0 aromatic heterocycles. The summed E-state index contributed by atoms with van der Waals surface area (Å²) in [7, 11) is 0. The van der Waals surface area contributed by atoms with E-state index >= 15 is 0 Å². The van der Waals surface area contributed by atoms with E-state index in [1.54, 1.807) is 0 Å². The van der Waals surface area contributed by atoms with Gasteiger partial charge in [0.05, 0.1) is 10.3 Å². The first-order chi connectivity index (χ1) is 8.15. The molecule has 0 bridgehead atoms. The zero-order valence-electron chi connectivity index (χ0n) is 10.2. The van der Waals surface area contributed by atoms with Crippen molar-refractivity contribution < 1.29 is 4.79 Å². The molecule has 1 atom stereocenters. The van der Waals surface area contributed by atoms with E-state index < -0.39 is 0 Å². The van der Waals surface area contributed by atoms with Crippen LogP contribution in [-0.2, 0) is 4.79 Å². The number of rotatable bonds is 6. The molecule has 0 aliphatic rings. The van der Waals surface area contributed by atoms with Crippen molar-refractivity contribution in [2.24, 2.45) is 5.73 Å². The summed E-state index contributed by atoms with van der Waals surface area (Å²) in [5.41, 5.74) is 5.36. The molecular weight excluding hydrogens is 291 g/mol. The summed E-state index contributed by atoms with van der Waals surface area (Å²) in [4.78, 5) is 12.6. The van der Waals surface area contributed by atoms with Gasteiger partial charge in [-0.3, -0.25) is 4.79 Å². The summed E-state index contributed by atoms with van der Waals surface area (Å²) in [5, 5.41) is 3.36. The predicted molar refractivity (Wildman–Crippen MR) is 80.7 cm³/mol. The highest BCUT2D eigenvalue weighted by molar-refractivity contribution is 8.00. The monoisotopic (exact) mass is 308 g/mol. The molecule has 0 fully saturated rings. The van der Waals surface area contributed by atoms with Crippen molar-refractivity contribution in [1.29, 1.82) is 0 Å². The molecule has 102 valence electrons. The van der Waals surface area contributed by atoms with Crippen molar-refractivity contribution in [3.8, 4) is 0 Å². The van der Waals surface area contributed by atoms with Crippen LogP contribution in [0.4, 0.5) is 0 Å². The molecule has 1 unspecified atom stereocenters. The summed E-state index contributed by atoms with van der Waals surface area (Å²) < 4.78 is 0. The highest BCUT2D eigenvalue weighted by Gasteiger charge is 2.14. The smallest absolute Gasteiger partial charge is 0.233 e. The summed E-state index contributed by atoms with van der Waals surface area (Å²) in [6, 6.07) is 7.52. The Bertz CT molecular complexity index is 377. The topological polar surface area (TPSA) is 55.1 Å². The molecule has 6 heteroatoms. The lowest BCUT2D eigenvalue weighted by Crippen LogP contribution is -2.32. The van der Waals surface area contributed by atoms with Gasteiger partial charge in [0.25, 0.3) is 0 Å². The second-order valence-corrected chi connectivity index (χ2v) is 5.41. The van der Waals surface area contributed by atoms with Gasteiger partial charge in [-0.05, 0) is 32.0 Å². The summed E-state index contributed by atoms with van der Waals surface area (Å²) in [6.45, 7) is 3.08. The third-order valence-corrected chi connectivity index (χ3v) is 3.81. The van der Waals surface area contributed by atoms with Crippen molar-refractivity contribution in [2.45, 2.75) is 23.5 Å². The Labute approximate surface area is 123 Å². The zero-order chi connectivity index (χ0) is 12.7. The van der Waals surface area contributed by atoms with Gasteiger partial charge in [0.15, 0.2) is 0 Å². The molecule has 1 aromatic carbocycles. The van der Waals surface area contributed by atoms with Crippen LogP contribution in [0, 0.1) is 0 Å². The summed E-state index contributed by atoms with van der Waals surface area (Å²) in [6.07, 6.45) is 0.801. The Morgan fingerprint density at radius 3 is 2.78 bits per heavy atom. The number of benzene rings is 1. The zero-order valence-corrected chi connectivity index (χ0v) is 12.6. The van der Waals surface area contributed by atoms with Crippen LogP contribution < -0.4 is 11.1 Å². The highest BCUT2D eigenvalue weighted by Crippen LogP contribution is 2.29. The number of carbonyl (C=O) groups is 1. The molecule has 0 saturated carbocycles. The molecule has 1 rings (SSSR count). The van der Waals surface area contributed by atoms with Gasteiger partial charge in [0, 0.05) is 11.4 Å². The molecule has 0 radical (unpaired) electrons. The SMILES string of the molecule is CC(Sc1ccccc1Cl)C(=O)NCCCN.Cl. The van der Waals surface area contributed by atoms with Crippen molar-refractivity contribution in [3.05, 3.63) is 29.3 Å². The Morgan fingerprint density at radius 2 is 2.17 bits per heavy atom. The van der Waals surface area contributed by atoms with E-state index in [1.807, 2.05) is 31.2 Å². The Morgan fingerprint density at radius 1 is 1.50 bits per heavy atom. The van der Waals surface area contributed by atoms with Gasteiger partial charge in [-0.2, -0.15) is 0 Å². The molecule has 0 spiro atoms. The Hall–Kier alpha value is -0.420. The summed E-state index contributed by atoms with van der Waals surface area (Å²) >= 11 is 7.49. The molecule has 0 aliphatic heterocycles. The van der Waals surface area contributed by atoms with Crippen LogP contribution in [-0.4, -0.2) is 24.2 Å². The van der Waals surface area contributed by atoms with Crippen LogP contribution in [0.15, 0.2) is 29.2 Å². The quantitative estimate of drug-likeness (QED) is 0.627. The molecule has 0 aliphatic carbocycles. The Balaban J connectivity index is 0.00000289. The maximum Gasteiger partial charge on any atom is 0.233 e. The van der Waals surface area contributed by atoms with E-state index in [9.17, 15) is 4.79 Å². The minimum absolute atomic E-state index is 0. The number of nitrogens with one attached hydrogen (secondary N) is 1. The lowest BCUT2D eigenvalue weighted by molar-refractivity contribution is -0.120. The van der Waals surface area contributed by atoms with Crippen molar-refractivity contribution >= 4 is 41.7 Å². The first kappa shape index (κ1) is 17.6. The number of nitrogens with two attached hydrogens (primary N) is 1. The van der Waals surface area contributed by atoms with Crippen molar-refractivity contribution in [1.82, 2.24) is 5.32 Å². The molecule has 18 heavy (non-hydrogen) atoms. The fraction of sp³-hybridized carbons (Fsp3) is 0.417. The standard InChI is InChI=1S/C12H17ClN2OS.ClH/c1-9(12(16)15-8-4-7-14)17-11-6-3-2-5-10(11)13;/h2-3,5-6,9H,4,7-8,14H2,1H3,(H,15,16);1H. The Kier molecular flexibility index (Phi) is 9.28. The number of hydrogen-bond acceptors (Lipinski definition) is 3. The third kappa shape index (κ3) is 5.96. The number of carbonyl (C=O) groups excluding carboxylic acids is 1. The molecule has 0 saturated heterocycles. The van der Waals surface area contributed by atoms with Gasteiger partial charge in [-0.15, -0.1) is 24.2 Å². The fourth-order valence-corrected chi connectivity index (χ4v) is 2.42. The van der Waals surface area contributed by atoms with Gasteiger partial charge in [-0.25, -0.2) is 0 Å². The number of amides is 1. The van der Waals surface area contributed by atoms with Crippen molar-refractivity contribution in [2.75, 3.05) is 13.1 Å². The van der Waals surface area contributed by atoms with Gasteiger partial charge in [0.1, 0.15) is 0 Å². The first-order valence-electron chi connectivity index (χ1n) is 5.54. The summed E-state index contributed by atoms with van der Waals surface area (Å²) in [5.74, 6) is 0.0170. The van der Waals surface area contributed by atoms with Crippen LogP contribution in [0.5, 0.6) is 0 Å². The number of hydrogen-bond donors (Lipinski definition) is 2. The van der Waals surface area contributed by atoms with E-state index in [-0.39, 0.29) is 23.6 Å². The maximum atomic E-state index is 11.7. The average Bonchev–Trinajstić information content (AvgIpc) is 2.32. The van der Waals surface area contributed by atoms with Crippen LogP contribution in [0.3, 0.4) is 0 Å². The fourth-order valence-electron chi connectivity index (χ4n) is 1.24. The minimum atomic E-state index is -0.160. The molecule has 3 nitrogen and oxygen atoms in total. The van der Waals surface area contributed by atoms with Crippen LogP contribution in [0.25, 0.3) is 0 Å². The van der Waals surface area contributed by atoms with Gasteiger partial charge in [-0.1, -0.05) is 23.7 Å². The van der Waals surface area contributed by atoms with Crippen molar-refractivity contribution in [3.63, 3.8) is 0 Å². The minimum Gasteiger partial charge on any atom is -0.355 e. The van der Waals surface area contributed by atoms with Gasteiger partial charge >= 0.3 is 0 Å². The van der Waals surface area contributed by atoms with E-state index in [0.717, 1.165) is 11.3 Å². The second-order valence-electron chi connectivity index (χ2n) is 3.62.